The summed E-state index contributed by atoms with van der Waals surface area (Å²) in [5, 5.41) is 4.06. The summed E-state index contributed by atoms with van der Waals surface area (Å²) in [5.74, 6) is -0.649. The first-order valence-electron chi connectivity index (χ1n) is 8.25. The molecule has 3 aromatic rings. The largest absolute Gasteiger partial charge is 0.417 e. The van der Waals surface area contributed by atoms with Crippen molar-refractivity contribution in [3.8, 4) is 5.82 Å². The molecule has 1 amide bonds. The van der Waals surface area contributed by atoms with Crippen LogP contribution in [0.2, 0.25) is 0 Å². The molecule has 5 nitrogen and oxygen atoms in total. The fourth-order valence-corrected chi connectivity index (χ4v) is 2.69. The Balaban J connectivity index is 1.82. The van der Waals surface area contributed by atoms with Gasteiger partial charge in [-0.1, -0.05) is 18.2 Å². The number of pyridine rings is 1. The minimum absolute atomic E-state index is 0.0641. The molecule has 0 N–H and O–H groups in total. The summed E-state index contributed by atoms with van der Waals surface area (Å²) in [5.41, 5.74) is 0.160. The van der Waals surface area contributed by atoms with Crippen molar-refractivity contribution in [2.45, 2.75) is 19.6 Å². The van der Waals surface area contributed by atoms with Crippen LogP contribution < -0.4 is 0 Å². The third-order valence-electron chi connectivity index (χ3n) is 4.24. The predicted molar refractivity (Wildman–Crippen MR) is 93.3 cm³/mol. The standard InChI is InChI=1S/C19H16F4N4O/c1-12-15(18(28)26(2)11-13-5-3-4-6-16(13)20)10-25-27(12)17-8-7-14(9-24-17)19(21,22)23/h3-10H,11H2,1-2H3. The summed E-state index contributed by atoms with van der Waals surface area (Å²) in [7, 11) is 1.53. The maximum Gasteiger partial charge on any atom is 0.417 e. The Morgan fingerprint density at radius 3 is 2.46 bits per heavy atom. The monoisotopic (exact) mass is 392 g/mol. The van der Waals surface area contributed by atoms with E-state index in [0.29, 0.717) is 17.5 Å². The van der Waals surface area contributed by atoms with E-state index in [1.54, 1.807) is 25.1 Å². The molecule has 3 rings (SSSR count). The molecule has 0 atom stereocenters. The number of alkyl halides is 3. The molecular formula is C19H16F4N4O. The van der Waals surface area contributed by atoms with Gasteiger partial charge in [0.25, 0.3) is 5.91 Å². The molecule has 0 fully saturated rings. The van der Waals surface area contributed by atoms with Crippen LogP contribution in [-0.4, -0.2) is 32.6 Å². The summed E-state index contributed by atoms with van der Waals surface area (Å²) in [6, 6.07) is 8.21. The number of carbonyl (C=O) groups excluding carboxylic acids is 1. The van der Waals surface area contributed by atoms with Gasteiger partial charge in [-0.15, -0.1) is 0 Å². The van der Waals surface area contributed by atoms with Crippen LogP contribution in [0.3, 0.4) is 0 Å². The summed E-state index contributed by atoms with van der Waals surface area (Å²) in [4.78, 5) is 17.8. The predicted octanol–water partition coefficient (Wildman–Crippen LogP) is 4.01. The van der Waals surface area contributed by atoms with Crippen LogP contribution in [0.4, 0.5) is 17.6 Å². The van der Waals surface area contributed by atoms with Crippen molar-refractivity contribution in [2.24, 2.45) is 0 Å². The van der Waals surface area contributed by atoms with Gasteiger partial charge in [-0.25, -0.2) is 14.1 Å². The van der Waals surface area contributed by atoms with Gasteiger partial charge < -0.3 is 4.90 Å². The van der Waals surface area contributed by atoms with Crippen LogP contribution >= 0.6 is 0 Å². The van der Waals surface area contributed by atoms with Crippen molar-refractivity contribution in [1.29, 1.82) is 0 Å². The average Bonchev–Trinajstić information content (AvgIpc) is 3.03. The molecule has 0 saturated heterocycles. The molecule has 0 radical (unpaired) electrons. The minimum atomic E-state index is -4.48. The van der Waals surface area contributed by atoms with Crippen LogP contribution in [0.25, 0.3) is 5.82 Å². The molecule has 146 valence electrons. The van der Waals surface area contributed by atoms with Crippen LogP contribution in [0, 0.1) is 12.7 Å². The molecule has 0 unspecified atom stereocenters. The fraction of sp³-hybridized carbons (Fsp3) is 0.211. The number of nitrogens with zero attached hydrogens (tertiary/aromatic N) is 4. The van der Waals surface area contributed by atoms with Crippen molar-refractivity contribution in [2.75, 3.05) is 7.05 Å². The molecule has 0 aliphatic heterocycles. The van der Waals surface area contributed by atoms with E-state index in [2.05, 4.69) is 10.1 Å². The Labute approximate surface area is 158 Å². The number of amides is 1. The molecular weight excluding hydrogens is 376 g/mol. The normalized spacial score (nSPS) is 11.5. The number of rotatable bonds is 4. The molecule has 28 heavy (non-hydrogen) atoms. The number of benzene rings is 1. The second-order valence-electron chi connectivity index (χ2n) is 6.21. The molecule has 2 aromatic heterocycles. The van der Waals surface area contributed by atoms with Crippen molar-refractivity contribution < 1.29 is 22.4 Å². The highest BCUT2D eigenvalue weighted by Gasteiger charge is 2.31. The summed E-state index contributed by atoms with van der Waals surface area (Å²) in [6.45, 7) is 1.67. The summed E-state index contributed by atoms with van der Waals surface area (Å²) in [6.07, 6.45) is -2.46. The Morgan fingerprint density at radius 2 is 1.86 bits per heavy atom. The van der Waals surface area contributed by atoms with Gasteiger partial charge in [0.05, 0.1) is 23.0 Å². The molecule has 2 heterocycles. The number of hydrogen-bond acceptors (Lipinski definition) is 3. The highest BCUT2D eigenvalue weighted by molar-refractivity contribution is 5.95. The lowest BCUT2D eigenvalue weighted by molar-refractivity contribution is -0.137. The second-order valence-corrected chi connectivity index (χ2v) is 6.21. The Hall–Kier alpha value is -3.23. The van der Waals surface area contributed by atoms with Crippen molar-refractivity contribution in [3.05, 3.63) is 77.0 Å². The third kappa shape index (κ3) is 3.88. The van der Waals surface area contributed by atoms with E-state index < -0.39 is 17.6 Å². The highest BCUT2D eigenvalue weighted by atomic mass is 19.4. The Kier molecular flexibility index (Phi) is 5.17. The summed E-state index contributed by atoms with van der Waals surface area (Å²) >= 11 is 0. The lowest BCUT2D eigenvalue weighted by Gasteiger charge is -2.17. The van der Waals surface area contributed by atoms with Gasteiger partial charge in [0.15, 0.2) is 5.82 Å². The average molecular weight is 392 g/mol. The quantitative estimate of drug-likeness (QED) is 0.631. The molecule has 0 spiro atoms. The van der Waals surface area contributed by atoms with Gasteiger partial charge in [-0.3, -0.25) is 4.79 Å². The van der Waals surface area contributed by atoms with Gasteiger partial charge in [-0.05, 0) is 25.1 Å². The number of carbonyl (C=O) groups is 1. The fourth-order valence-electron chi connectivity index (χ4n) is 2.69. The number of aromatic nitrogens is 3. The topological polar surface area (TPSA) is 51.0 Å². The molecule has 0 aliphatic rings. The van der Waals surface area contributed by atoms with E-state index in [-0.39, 0.29) is 23.8 Å². The number of hydrogen-bond donors (Lipinski definition) is 0. The van der Waals surface area contributed by atoms with E-state index in [1.165, 1.54) is 35.0 Å². The SMILES string of the molecule is Cc1c(C(=O)N(C)Cc2ccccc2F)cnn1-c1ccc(C(F)(F)F)cn1. The Morgan fingerprint density at radius 1 is 1.14 bits per heavy atom. The van der Waals surface area contributed by atoms with E-state index in [4.69, 9.17) is 0 Å². The highest BCUT2D eigenvalue weighted by Crippen LogP contribution is 2.29. The summed E-state index contributed by atoms with van der Waals surface area (Å²) < 4.78 is 53.1. The zero-order chi connectivity index (χ0) is 20.5. The molecule has 9 heteroatoms. The van der Waals surface area contributed by atoms with Crippen LogP contribution in [0.1, 0.15) is 27.2 Å². The second kappa shape index (κ2) is 7.41. The van der Waals surface area contributed by atoms with E-state index >= 15 is 0 Å². The minimum Gasteiger partial charge on any atom is -0.337 e. The maximum absolute atomic E-state index is 13.8. The zero-order valence-corrected chi connectivity index (χ0v) is 15.0. The van der Waals surface area contributed by atoms with Gasteiger partial charge in [0.2, 0.25) is 0 Å². The lowest BCUT2D eigenvalue weighted by atomic mass is 10.2. The van der Waals surface area contributed by atoms with Crippen LogP contribution in [0.5, 0.6) is 0 Å². The molecule has 0 saturated carbocycles. The zero-order valence-electron chi connectivity index (χ0n) is 15.0. The molecule has 0 aliphatic carbocycles. The molecule has 0 bridgehead atoms. The lowest BCUT2D eigenvalue weighted by Crippen LogP contribution is -2.27. The van der Waals surface area contributed by atoms with E-state index in [1.807, 2.05) is 0 Å². The Bertz CT molecular complexity index is 996. The van der Waals surface area contributed by atoms with E-state index in [9.17, 15) is 22.4 Å². The maximum atomic E-state index is 13.8. The van der Waals surface area contributed by atoms with Gasteiger partial charge in [0, 0.05) is 25.4 Å². The van der Waals surface area contributed by atoms with E-state index in [0.717, 1.165) is 6.07 Å². The first kappa shape index (κ1) is 19.5. The first-order chi connectivity index (χ1) is 13.2. The third-order valence-corrected chi connectivity index (χ3v) is 4.24. The van der Waals surface area contributed by atoms with Crippen LogP contribution in [0.15, 0.2) is 48.8 Å². The first-order valence-corrected chi connectivity index (χ1v) is 8.25. The van der Waals surface area contributed by atoms with Gasteiger partial charge >= 0.3 is 6.18 Å². The van der Waals surface area contributed by atoms with Crippen molar-refractivity contribution in [3.63, 3.8) is 0 Å². The van der Waals surface area contributed by atoms with Crippen molar-refractivity contribution in [1.82, 2.24) is 19.7 Å². The van der Waals surface area contributed by atoms with Crippen molar-refractivity contribution >= 4 is 5.91 Å². The van der Waals surface area contributed by atoms with Gasteiger partial charge in [0.1, 0.15) is 5.82 Å². The van der Waals surface area contributed by atoms with Gasteiger partial charge in [-0.2, -0.15) is 18.3 Å². The molecule has 1 aromatic carbocycles. The van der Waals surface area contributed by atoms with Crippen LogP contribution in [-0.2, 0) is 12.7 Å². The smallest absolute Gasteiger partial charge is 0.337 e. The number of halogens is 4.